The summed E-state index contributed by atoms with van der Waals surface area (Å²) in [4.78, 5) is 10.7. The summed E-state index contributed by atoms with van der Waals surface area (Å²) in [5.41, 5.74) is 4.86. The molecule has 1 aromatic rings. The van der Waals surface area contributed by atoms with Crippen LogP contribution < -0.4 is 15.2 Å². The van der Waals surface area contributed by atoms with E-state index in [4.69, 9.17) is 10.5 Å². The van der Waals surface area contributed by atoms with Crippen molar-refractivity contribution in [2.45, 2.75) is 19.8 Å². The molecule has 0 radical (unpaired) electrons. The van der Waals surface area contributed by atoms with Crippen molar-refractivity contribution in [1.82, 2.24) is 0 Å². The van der Waals surface area contributed by atoms with Gasteiger partial charge in [0.15, 0.2) is 11.6 Å². The number of ether oxygens (including phenoxy) is 2. The first-order chi connectivity index (χ1) is 8.04. The van der Waals surface area contributed by atoms with Gasteiger partial charge in [0.25, 0.3) is 0 Å². The van der Waals surface area contributed by atoms with Crippen molar-refractivity contribution in [3.05, 3.63) is 22.4 Å². The molecule has 94 valence electrons. The Labute approximate surface area is 107 Å². The standard InChI is InChI=1S/C11H13BrFNO3/c1-2-3-4-16-9-6-7(12)5-8(13)10(9)17-11(14)15/h5-6H,2-4H2,1H3,(H2,14,15). The van der Waals surface area contributed by atoms with E-state index in [1.807, 2.05) is 6.92 Å². The molecule has 0 atom stereocenters. The summed E-state index contributed by atoms with van der Waals surface area (Å²) in [7, 11) is 0. The summed E-state index contributed by atoms with van der Waals surface area (Å²) < 4.78 is 24.0. The molecule has 0 heterocycles. The van der Waals surface area contributed by atoms with E-state index in [0.717, 1.165) is 12.8 Å². The van der Waals surface area contributed by atoms with Gasteiger partial charge < -0.3 is 15.2 Å². The molecule has 0 bridgehead atoms. The Kier molecular flexibility index (Phi) is 5.21. The fourth-order valence-corrected chi connectivity index (χ4v) is 1.58. The summed E-state index contributed by atoms with van der Waals surface area (Å²) >= 11 is 3.13. The molecule has 0 aliphatic heterocycles. The number of halogens is 2. The van der Waals surface area contributed by atoms with Gasteiger partial charge in [0.1, 0.15) is 0 Å². The average Bonchev–Trinajstić information content (AvgIpc) is 2.23. The number of amides is 1. The summed E-state index contributed by atoms with van der Waals surface area (Å²) in [6.07, 6.45) is 0.693. The van der Waals surface area contributed by atoms with Crippen LogP contribution in [0.2, 0.25) is 0 Å². The second kappa shape index (κ2) is 6.44. The largest absolute Gasteiger partial charge is 0.490 e. The minimum atomic E-state index is -1.08. The van der Waals surface area contributed by atoms with Crippen LogP contribution in [0.15, 0.2) is 16.6 Å². The summed E-state index contributed by atoms with van der Waals surface area (Å²) in [6, 6.07) is 2.70. The molecular formula is C11H13BrFNO3. The van der Waals surface area contributed by atoms with E-state index in [2.05, 4.69) is 20.7 Å². The fourth-order valence-electron chi connectivity index (χ4n) is 1.17. The van der Waals surface area contributed by atoms with Crippen LogP contribution in [0.4, 0.5) is 9.18 Å². The van der Waals surface area contributed by atoms with Crippen LogP contribution in [-0.2, 0) is 0 Å². The first-order valence-electron chi connectivity index (χ1n) is 5.13. The predicted molar refractivity (Wildman–Crippen MR) is 64.7 cm³/mol. The minimum Gasteiger partial charge on any atom is -0.490 e. The highest BCUT2D eigenvalue weighted by Crippen LogP contribution is 2.34. The lowest BCUT2D eigenvalue weighted by Gasteiger charge is -2.11. The topological polar surface area (TPSA) is 61.6 Å². The number of hydrogen-bond donors (Lipinski definition) is 1. The zero-order valence-corrected chi connectivity index (χ0v) is 10.9. The Morgan fingerprint density at radius 2 is 2.24 bits per heavy atom. The zero-order chi connectivity index (χ0) is 12.8. The molecule has 2 N–H and O–H groups in total. The van der Waals surface area contributed by atoms with Gasteiger partial charge in [-0.05, 0) is 18.6 Å². The smallest absolute Gasteiger partial charge is 0.410 e. The molecule has 0 unspecified atom stereocenters. The Hall–Kier alpha value is -1.30. The van der Waals surface area contributed by atoms with Gasteiger partial charge in [-0.2, -0.15) is 0 Å². The monoisotopic (exact) mass is 305 g/mol. The number of carbonyl (C=O) groups is 1. The van der Waals surface area contributed by atoms with Gasteiger partial charge in [0.2, 0.25) is 5.75 Å². The van der Waals surface area contributed by atoms with Crippen LogP contribution in [0.5, 0.6) is 11.5 Å². The van der Waals surface area contributed by atoms with E-state index in [-0.39, 0.29) is 11.5 Å². The van der Waals surface area contributed by atoms with Gasteiger partial charge in [0.05, 0.1) is 6.61 Å². The number of nitrogens with two attached hydrogens (primary N) is 1. The maximum absolute atomic E-state index is 13.5. The first-order valence-corrected chi connectivity index (χ1v) is 5.93. The molecule has 17 heavy (non-hydrogen) atoms. The van der Waals surface area contributed by atoms with Crippen molar-refractivity contribution >= 4 is 22.0 Å². The average molecular weight is 306 g/mol. The number of rotatable bonds is 5. The van der Waals surface area contributed by atoms with E-state index in [0.29, 0.717) is 11.1 Å². The lowest BCUT2D eigenvalue weighted by atomic mass is 10.3. The summed E-state index contributed by atoms with van der Waals surface area (Å²) in [6.45, 7) is 2.42. The Morgan fingerprint density at radius 1 is 1.53 bits per heavy atom. The molecule has 0 fully saturated rings. The number of benzene rings is 1. The third-order valence-electron chi connectivity index (χ3n) is 1.93. The van der Waals surface area contributed by atoms with E-state index in [9.17, 15) is 9.18 Å². The summed E-state index contributed by atoms with van der Waals surface area (Å²) in [5.74, 6) is -0.828. The van der Waals surface area contributed by atoms with E-state index < -0.39 is 11.9 Å². The molecule has 0 saturated heterocycles. The third-order valence-corrected chi connectivity index (χ3v) is 2.39. The lowest BCUT2D eigenvalue weighted by molar-refractivity contribution is 0.204. The molecule has 1 amide bonds. The van der Waals surface area contributed by atoms with Crippen molar-refractivity contribution in [3.8, 4) is 11.5 Å². The summed E-state index contributed by atoms with van der Waals surface area (Å²) in [5, 5.41) is 0. The Morgan fingerprint density at radius 3 is 2.82 bits per heavy atom. The van der Waals surface area contributed by atoms with Crippen molar-refractivity contribution in [2.75, 3.05) is 6.61 Å². The number of carbonyl (C=O) groups excluding carboxylic acids is 1. The van der Waals surface area contributed by atoms with E-state index in [1.54, 1.807) is 0 Å². The molecule has 0 spiro atoms. The van der Waals surface area contributed by atoms with Crippen molar-refractivity contribution in [1.29, 1.82) is 0 Å². The van der Waals surface area contributed by atoms with E-state index >= 15 is 0 Å². The molecule has 6 heteroatoms. The number of hydrogen-bond acceptors (Lipinski definition) is 3. The molecule has 0 aliphatic carbocycles. The highest BCUT2D eigenvalue weighted by Gasteiger charge is 2.15. The molecular weight excluding hydrogens is 293 g/mol. The maximum atomic E-state index is 13.5. The first kappa shape index (κ1) is 13.8. The fraction of sp³-hybridized carbons (Fsp3) is 0.364. The Balaban J connectivity index is 2.94. The third kappa shape index (κ3) is 4.22. The van der Waals surface area contributed by atoms with Gasteiger partial charge in [-0.3, -0.25) is 0 Å². The van der Waals surface area contributed by atoms with Gasteiger partial charge in [-0.1, -0.05) is 29.3 Å². The van der Waals surface area contributed by atoms with Gasteiger partial charge in [0, 0.05) is 4.47 Å². The van der Waals surface area contributed by atoms with Crippen molar-refractivity contribution in [3.63, 3.8) is 0 Å². The van der Waals surface area contributed by atoms with Crippen LogP contribution in [0.1, 0.15) is 19.8 Å². The quantitative estimate of drug-likeness (QED) is 0.850. The second-order valence-corrected chi connectivity index (χ2v) is 4.25. The molecule has 4 nitrogen and oxygen atoms in total. The van der Waals surface area contributed by atoms with Crippen molar-refractivity contribution < 1.29 is 18.7 Å². The van der Waals surface area contributed by atoms with Crippen molar-refractivity contribution in [2.24, 2.45) is 5.73 Å². The molecule has 0 saturated carbocycles. The Bertz CT molecular complexity index is 412. The SMILES string of the molecule is CCCCOc1cc(Br)cc(F)c1OC(N)=O. The highest BCUT2D eigenvalue weighted by molar-refractivity contribution is 9.10. The normalized spacial score (nSPS) is 10.1. The van der Waals surface area contributed by atoms with Crippen LogP contribution >= 0.6 is 15.9 Å². The molecule has 0 aromatic heterocycles. The molecule has 1 aromatic carbocycles. The van der Waals surface area contributed by atoms with Crippen LogP contribution in [0.25, 0.3) is 0 Å². The minimum absolute atomic E-state index is 0.157. The predicted octanol–water partition coefficient (Wildman–Crippen LogP) is 3.22. The van der Waals surface area contributed by atoms with Gasteiger partial charge in [-0.25, -0.2) is 9.18 Å². The number of unbranched alkanes of at least 4 members (excludes halogenated alkanes) is 1. The second-order valence-electron chi connectivity index (χ2n) is 3.34. The van der Waals surface area contributed by atoms with Crippen LogP contribution in [-0.4, -0.2) is 12.7 Å². The highest BCUT2D eigenvalue weighted by atomic mass is 79.9. The van der Waals surface area contributed by atoms with Crippen LogP contribution in [0, 0.1) is 5.82 Å². The lowest BCUT2D eigenvalue weighted by Crippen LogP contribution is -2.17. The van der Waals surface area contributed by atoms with Crippen LogP contribution in [0.3, 0.4) is 0 Å². The molecule has 0 aliphatic rings. The van der Waals surface area contributed by atoms with Gasteiger partial charge >= 0.3 is 6.09 Å². The maximum Gasteiger partial charge on any atom is 0.410 e. The zero-order valence-electron chi connectivity index (χ0n) is 9.33. The van der Waals surface area contributed by atoms with Gasteiger partial charge in [-0.15, -0.1) is 0 Å². The van der Waals surface area contributed by atoms with E-state index in [1.165, 1.54) is 12.1 Å². The number of primary amides is 1. The molecule has 1 rings (SSSR count).